The van der Waals surface area contributed by atoms with Gasteiger partial charge in [-0.25, -0.2) is 0 Å². The van der Waals surface area contributed by atoms with Crippen LogP contribution in [-0.2, 0) is 4.79 Å². The predicted octanol–water partition coefficient (Wildman–Crippen LogP) is 3.12. The van der Waals surface area contributed by atoms with Crippen molar-refractivity contribution in [1.29, 1.82) is 0 Å². The van der Waals surface area contributed by atoms with E-state index in [4.69, 9.17) is 0 Å². The fourth-order valence-electron chi connectivity index (χ4n) is 1.75. The summed E-state index contributed by atoms with van der Waals surface area (Å²) in [5, 5.41) is 20.1. The number of benzene rings is 1. The number of thioether (sulfide) groups is 1. The van der Waals surface area contributed by atoms with Crippen molar-refractivity contribution in [3.05, 3.63) is 37.2 Å². The molecule has 7 nitrogen and oxygen atoms in total. The summed E-state index contributed by atoms with van der Waals surface area (Å²) in [7, 11) is 0. The molecule has 0 atom stereocenters. The third-order valence-corrected chi connectivity index (χ3v) is 4.26. The van der Waals surface area contributed by atoms with E-state index in [-0.39, 0.29) is 21.2 Å². The van der Waals surface area contributed by atoms with Gasteiger partial charge in [0.2, 0.25) is 5.75 Å². The van der Waals surface area contributed by atoms with Gasteiger partial charge in [0.05, 0.1) is 14.3 Å². The largest absolute Gasteiger partial charge is 0.501 e. The van der Waals surface area contributed by atoms with Gasteiger partial charge in [0.25, 0.3) is 11.1 Å². The summed E-state index contributed by atoms with van der Waals surface area (Å²) in [5.41, 5.74) is -0.140. The van der Waals surface area contributed by atoms with Crippen LogP contribution in [0.2, 0.25) is 0 Å². The highest BCUT2D eigenvalue weighted by Gasteiger charge is 2.33. The van der Waals surface area contributed by atoms with Crippen LogP contribution in [0.15, 0.2) is 21.5 Å². The third kappa shape index (κ3) is 2.93. The summed E-state index contributed by atoms with van der Waals surface area (Å²) >= 11 is 3.79. The van der Waals surface area contributed by atoms with Crippen molar-refractivity contribution in [3.63, 3.8) is 0 Å². The highest BCUT2D eigenvalue weighted by molar-refractivity contribution is 9.10. The van der Waals surface area contributed by atoms with Crippen molar-refractivity contribution in [2.75, 3.05) is 6.54 Å². The third-order valence-electron chi connectivity index (χ3n) is 2.75. The first-order chi connectivity index (χ1) is 9.85. The number of phenolic OH excluding ortho intramolecular Hbond substituents is 1. The standard InChI is InChI=1S/C12H9BrN2O5S/c1-2-14-11(17)9(21-12(14)18)5-6-3-7(13)10(16)8(4-6)15(19)20/h3-5,16H,2H2,1H3/b9-5+. The van der Waals surface area contributed by atoms with E-state index in [1.165, 1.54) is 12.1 Å². The Labute approximate surface area is 131 Å². The monoisotopic (exact) mass is 372 g/mol. The fraction of sp³-hybridized carbons (Fsp3) is 0.167. The first-order valence-electron chi connectivity index (χ1n) is 5.77. The Hall–Kier alpha value is -1.87. The Morgan fingerprint density at radius 3 is 2.67 bits per heavy atom. The van der Waals surface area contributed by atoms with Gasteiger partial charge in [-0.15, -0.1) is 0 Å². The van der Waals surface area contributed by atoms with E-state index in [0.717, 1.165) is 22.7 Å². The molecule has 1 saturated heterocycles. The van der Waals surface area contributed by atoms with Gasteiger partial charge in [0.1, 0.15) is 0 Å². The first kappa shape index (κ1) is 15.5. The van der Waals surface area contributed by atoms with Crippen molar-refractivity contribution in [1.82, 2.24) is 4.90 Å². The van der Waals surface area contributed by atoms with Crippen LogP contribution in [0.4, 0.5) is 10.5 Å². The predicted molar refractivity (Wildman–Crippen MR) is 80.8 cm³/mol. The Balaban J connectivity index is 2.45. The minimum atomic E-state index is -0.727. The van der Waals surface area contributed by atoms with Crippen molar-refractivity contribution in [2.24, 2.45) is 0 Å². The highest BCUT2D eigenvalue weighted by atomic mass is 79.9. The van der Waals surface area contributed by atoms with Gasteiger partial charge in [0.15, 0.2) is 0 Å². The molecule has 1 aliphatic heterocycles. The zero-order valence-electron chi connectivity index (χ0n) is 10.7. The molecular weight excluding hydrogens is 364 g/mol. The zero-order chi connectivity index (χ0) is 15.7. The van der Waals surface area contributed by atoms with Crippen LogP contribution in [0.25, 0.3) is 6.08 Å². The van der Waals surface area contributed by atoms with Crippen LogP contribution in [-0.4, -0.2) is 32.6 Å². The molecule has 1 aromatic carbocycles. The minimum Gasteiger partial charge on any atom is -0.501 e. The molecule has 2 amide bonds. The maximum Gasteiger partial charge on any atom is 0.312 e. The number of halogens is 1. The van der Waals surface area contributed by atoms with Gasteiger partial charge in [-0.2, -0.15) is 0 Å². The number of phenols is 1. The second-order valence-corrected chi connectivity index (χ2v) is 5.90. The zero-order valence-corrected chi connectivity index (χ0v) is 13.1. The van der Waals surface area contributed by atoms with Crippen LogP contribution in [0.1, 0.15) is 12.5 Å². The normalized spacial score (nSPS) is 16.9. The number of hydrogen-bond donors (Lipinski definition) is 1. The second-order valence-electron chi connectivity index (χ2n) is 4.05. The van der Waals surface area contributed by atoms with Crippen molar-refractivity contribution in [2.45, 2.75) is 6.92 Å². The Bertz CT molecular complexity index is 688. The number of nitrogens with zero attached hydrogens (tertiary/aromatic N) is 2. The molecule has 0 aromatic heterocycles. The molecule has 1 fully saturated rings. The molecule has 1 aromatic rings. The molecule has 0 radical (unpaired) electrons. The van der Waals surface area contributed by atoms with E-state index in [2.05, 4.69) is 15.9 Å². The lowest BCUT2D eigenvalue weighted by molar-refractivity contribution is -0.386. The molecule has 0 bridgehead atoms. The molecule has 110 valence electrons. The quantitative estimate of drug-likeness (QED) is 0.496. The number of carbonyl (C=O) groups is 2. The fourth-order valence-corrected chi connectivity index (χ4v) is 3.12. The van der Waals surface area contributed by atoms with E-state index in [9.17, 15) is 24.8 Å². The Morgan fingerprint density at radius 2 is 2.14 bits per heavy atom. The van der Waals surface area contributed by atoms with E-state index in [0.29, 0.717) is 5.56 Å². The van der Waals surface area contributed by atoms with Crippen LogP contribution in [0, 0.1) is 10.1 Å². The maximum atomic E-state index is 11.9. The summed E-state index contributed by atoms with van der Waals surface area (Å²) in [6, 6.07) is 2.57. The number of aromatic hydroxyl groups is 1. The lowest BCUT2D eigenvalue weighted by Gasteiger charge is -2.07. The topological polar surface area (TPSA) is 101 Å². The average molecular weight is 373 g/mol. The lowest BCUT2D eigenvalue weighted by Crippen LogP contribution is -2.27. The Morgan fingerprint density at radius 1 is 1.48 bits per heavy atom. The van der Waals surface area contributed by atoms with Gasteiger partial charge in [-0.1, -0.05) is 0 Å². The number of rotatable bonds is 3. The van der Waals surface area contributed by atoms with E-state index >= 15 is 0 Å². The Kier molecular flexibility index (Phi) is 4.33. The lowest BCUT2D eigenvalue weighted by atomic mass is 10.1. The van der Waals surface area contributed by atoms with Crippen LogP contribution in [0.3, 0.4) is 0 Å². The smallest absolute Gasteiger partial charge is 0.312 e. The van der Waals surface area contributed by atoms with Gasteiger partial charge in [-0.05, 0) is 52.3 Å². The molecule has 0 aliphatic carbocycles. The molecule has 1 aliphatic rings. The SMILES string of the molecule is CCN1C(=O)S/C(=C/c2cc(Br)c(O)c([N+](=O)[O-])c2)C1=O. The van der Waals surface area contributed by atoms with Crippen LogP contribution < -0.4 is 0 Å². The summed E-state index contributed by atoms with van der Waals surface area (Å²) in [4.78, 5) is 34.9. The number of likely N-dealkylation sites (N-methyl/N-ethyl adjacent to an activating group) is 1. The molecule has 9 heteroatoms. The number of amides is 2. The van der Waals surface area contributed by atoms with Crippen molar-refractivity contribution < 1.29 is 19.6 Å². The van der Waals surface area contributed by atoms with E-state index < -0.39 is 22.3 Å². The molecule has 0 saturated carbocycles. The number of nitro benzene ring substituents is 1. The molecule has 0 spiro atoms. The van der Waals surface area contributed by atoms with Crippen molar-refractivity contribution >= 4 is 50.6 Å². The van der Waals surface area contributed by atoms with Crippen LogP contribution >= 0.6 is 27.7 Å². The summed E-state index contributed by atoms with van der Waals surface area (Å²) < 4.78 is 0.137. The molecular formula is C12H9BrN2O5S. The molecule has 21 heavy (non-hydrogen) atoms. The molecule has 2 rings (SSSR count). The molecule has 0 unspecified atom stereocenters. The number of carbonyl (C=O) groups excluding carboxylic acids is 2. The molecule has 1 N–H and O–H groups in total. The minimum absolute atomic E-state index is 0.137. The maximum absolute atomic E-state index is 11.9. The van der Waals surface area contributed by atoms with Gasteiger partial charge >= 0.3 is 5.69 Å². The van der Waals surface area contributed by atoms with Crippen LogP contribution in [0.5, 0.6) is 5.75 Å². The highest BCUT2D eigenvalue weighted by Crippen LogP contribution is 2.37. The number of nitro groups is 1. The van der Waals surface area contributed by atoms with E-state index in [1.54, 1.807) is 6.92 Å². The summed E-state index contributed by atoms with van der Waals surface area (Å²) in [6.45, 7) is 1.95. The number of hydrogen-bond acceptors (Lipinski definition) is 6. The van der Waals surface area contributed by atoms with Gasteiger partial charge in [0, 0.05) is 12.6 Å². The summed E-state index contributed by atoms with van der Waals surface area (Å²) in [6.07, 6.45) is 1.39. The van der Waals surface area contributed by atoms with Gasteiger partial charge in [-0.3, -0.25) is 24.6 Å². The molecule has 1 heterocycles. The van der Waals surface area contributed by atoms with Gasteiger partial charge < -0.3 is 5.11 Å². The first-order valence-corrected chi connectivity index (χ1v) is 7.38. The second kappa shape index (κ2) is 5.86. The average Bonchev–Trinajstić information content (AvgIpc) is 2.67. The van der Waals surface area contributed by atoms with Crippen molar-refractivity contribution in [3.8, 4) is 5.75 Å². The number of imide groups is 1. The van der Waals surface area contributed by atoms with E-state index in [1.807, 2.05) is 0 Å². The summed E-state index contributed by atoms with van der Waals surface area (Å²) in [5.74, 6) is -0.918.